The predicted molar refractivity (Wildman–Crippen MR) is 138 cm³/mol. The van der Waals surface area contributed by atoms with Crippen LogP contribution in [0.5, 0.6) is 5.75 Å². The summed E-state index contributed by atoms with van der Waals surface area (Å²) in [6, 6.07) is 12.9. The van der Waals surface area contributed by atoms with Crippen molar-refractivity contribution in [3.8, 4) is 17.1 Å². The maximum atomic E-state index is 13.4. The number of fused-ring (bicyclic) bond motifs is 1. The molecule has 39 heavy (non-hydrogen) atoms. The monoisotopic (exact) mass is 604 g/mol. The Kier molecular flexibility index (Phi) is 7.76. The summed E-state index contributed by atoms with van der Waals surface area (Å²) in [5, 5.41) is 15.9. The predicted octanol–water partition coefficient (Wildman–Crippen LogP) is 5.19. The number of carbonyl (C=O) groups excluding carboxylic acids is 1. The summed E-state index contributed by atoms with van der Waals surface area (Å²) in [7, 11) is 1.11. The Hall–Kier alpha value is -4.59. The lowest BCUT2D eigenvalue weighted by molar-refractivity contribution is -0.385. The molecule has 4 rings (SSSR count). The second-order valence-corrected chi connectivity index (χ2v) is 8.77. The number of carbonyl (C=O) groups is 1. The van der Waals surface area contributed by atoms with Crippen molar-refractivity contribution >= 4 is 44.7 Å². The average Bonchev–Trinajstić information content (AvgIpc) is 2.90. The van der Waals surface area contributed by atoms with Crippen molar-refractivity contribution in [2.24, 2.45) is 5.10 Å². The second-order valence-electron chi connectivity index (χ2n) is 7.86. The molecule has 14 heteroatoms. The second kappa shape index (κ2) is 11.0. The van der Waals surface area contributed by atoms with Crippen molar-refractivity contribution < 1.29 is 32.4 Å². The third kappa shape index (κ3) is 5.95. The Labute approximate surface area is 225 Å². The molecule has 200 valence electrons. The lowest BCUT2D eigenvalue weighted by Crippen LogP contribution is -2.20. The third-order valence-electron chi connectivity index (χ3n) is 5.34. The Bertz CT molecular complexity index is 1690. The number of aromatic nitrogens is 2. The summed E-state index contributed by atoms with van der Waals surface area (Å²) in [6.07, 6.45) is -3.61. The van der Waals surface area contributed by atoms with Crippen molar-refractivity contribution in [3.05, 3.63) is 96.7 Å². The van der Waals surface area contributed by atoms with Crippen molar-refractivity contribution in [2.45, 2.75) is 6.18 Å². The van der Waals surface area contributed by atoms with E-state index in [9.17, 15) is 32.9 Å². The van der Waals surface area contributed by atoms with Gasteiger partial charge in [-0.05, 0) is 30.3 Å². The first-order valence-electron chi connectivity index (χ1n) is 10.9. The van der Waals surface area contributed by atoms with Crippen LogP contribution in [0.3, 0.4) is 0 Å². The normalized spacial score (nSPS) is 11.6. The van der Waals surface area contributed by atoms with Crippen LogP contribution >= 0.6 is 15.9 Å². The quantitative estimate of drug-likeness (QED) is 0.123. The highest BCUT2D eigenvalue weighted by atomic mass is 79.9. The molecule has 0 bridgehead atoms. The molecule has 0 unspecified atom stereocenters. The van der Waals surface area contributed by atoms with Crippen LogP contribution in [0.2, 0.25) is 0 Å². The Morgan fingerprint density at radius 1 is 1.18 bits per heavy atom. The van der Waals surface area contributed by atoms with Crippen LogP contribution in [-0.2, 0) is 15.7 Å². The summed E-state index contributed by atoms with van der Waals surface area (Å²) in [5.74, 6) is -1.36. The highest BCUT2D eigenvalue weighted by molar-refractivity contribution is 9.10. The molecule has 0 saturated heterocycles. The van der Waals surface area contributed by atoms with Gasteiger partial charge in [-0.25, -0.2) is 9.78 Å². The van der Waals surface area contributed by atoms with Crippen molar-refractivity contribution in [1.29, 1.82) is 0 Å². The van der Waals surface area contributed by atoms with Crippen molar-refractivity contribution in [3.63, 3.8) is 0 Å². The van der Waals surface area contributed by atoms with Crippen LogP contribution in [0.4, 0.5) is 18.9 Å². The molecular weight excluding hydrogens is 589 g/mol. The SMILES string of the molecule is COC(=O)COc1c(C=Nn2c(-c3cccc(C(F)(F)F)c3)nc3ccccc3c2=O)cc(Br)cc1[N+](=O)[O-]. The number of esters is 1. The molecule has 10 nitrogen and oxygen atoms in total. The Balaban J connectivity index is 1.93. The summed E-state index contributed by atoms with van der Waals surface area (Å²) < 4.78 is 51.1. The topological polar surface area (TPSA) is 126 Å². The molecule has 0 N–H and O–H groups in total. The van der Waals surface area contributed by atoms with E-state index in [4.69, 9.17) is 4.74 Å². The largest absolute Gasteiger partial charge is 0.474 e. The molecule has 0 radical (unpaired) electrons. The van der Waals surface area contributed by atoms with Crippen LogP contribution in [0.25, 0.3) is 22.3 Å². The van der Waals surface area contributed by atoms with Gasteiger partial charge >= 0.3 is 17.8 Å². The molecule has 0 spiro atoms. The highest BCUT2D eigenvalue weighted by Crippen LogP contribution is 2.34. The number of nitrogens with zero attached hydrogens (tertiary/aromatic N) is 4. The van der Waals surface area contributed by atoms with E-state index >= 15 is 0 Å². The van der Waals surface area contributed by atoms with Crippen molar-refractivity contribution in [2.75, 3.05) is 13.7 Å². The van der Waals surface area contributed by atoms with Gasteiger partial charge in [0.1, 0.15) is 0 Å². The van der Waals surface area contributed by atoms with E-state index in [1.165, 1.54) is 30.3 Å². The molecule has 0 aliphatic carbocycles. The number of alkyl halides is 3. The zero-order valence-corrected chi connectivity index (χ0v) is 21.4. The minimum Gasteiger partial charge on any atom is -0.474 e. The van der Waals surface area contributed by atoms with E-state index < -0.39 is 40.5 Å². The summed E-state index contributed by atoms with van der Waals surface area (Å²) in [4.78, 5) is 40.3. The molecule has 0 amide bonds. The molecule has 1 heterocycles. The Morgan fingerprint density at radius 3 is 2.62 bits per heavy atom. The van der Waals surface area contributed by atoms with Crippen LogP contribution in [-0.4, -0.2) is 40.5 Å². The molecule has 1 aromatic heterocycles. The number of nitro benzene ring substituents is 1. The van der Waals surface area contributed by atoms with Crippen LogP contribution in [0.15, 0.2) is 75.0 Å². The first-order chi connectivity index (χ1) is 18.5. The standard InChI is InChI=1S/C25H16BrF3N4O6/c1-38-21(34)13-39-22-15(10-17(26)11-20(22)33(36)37)12-30-32-23(14-5-4-6-16(9-14)25(27,28)29)31-19-8-3-2-7-18(19)24(32)35/h2-12H,13H2,1H3. The number of hydrogen-bond acceptors (Lipinski definition) is 8. The average molecular weight is 605 g/mol. The fraction of sp³-hybridized carbons (Fsp3) is 0.120. The number of rotatable bonds is 7. The van der Waals surface area contributed by atoms with E-state index in [1.54, 1.807) is 12.1 Å². The van der Waals surface area contributed by atoms with E-state index in [0.717, 1.165) is 36.2 Å². The van der Waals surface area contributed by atoms with Gasteiger partial charge in [-0.2, -0.15) is 22.9 Å². The maximum absolute atomic E-state index is 13.4. The number of methoxy groups -OCH3 is 1. The number of halogens is 4. The van der Waals surface area contributed by atoms with Gasteiger partial charge in [-0.15, -0.1) is 0 Å². The third-order valence-corrected chi connectivity index (χ3v) is 5.79. The van der Waals surface area contributed by atoms with Crippen LogP contribution in [0, 0.1) is 10.1 Å². The maximum Gasteiger partial charge on any atom is 0.416 e. The molecule has 0 saturated carbocycles. The van der Waals surface area contributed by atoms with Crippen LogP contribution < -0.4 is 10.3 Å². The molecular formula is C25H16BrF3N4O6. The summed E-state index contributed by atoms with van der Waals surface area (Å²) >= 11 is 3.16. The lowest BCUT2D eigenvalue weighted by Gasteiger charge is -2.12. The fourth-order valence-electron chi connectivity index (χ4n) is 3.55. The summed E-state index contributed by atoms with van der Waals surface area (Å²) in [5.41, 5.74) is -2.02. The van der Waals surface area contributed by atoms with E-state index in [-0.39, 0.29) is 38.1 Å². The molecule has 0 aliphatic heterocycles. The number of ether oxygens (including phenoxy) is 2. The van der Waals surface area contributed by atoms with Gasteiger partial charge in [0, 0.05) is 21.7 Å². The van der Waals surface area contributed by atoms with Crippen molar-refractivity contribution in [1.82, 2.24) is 9.66 Å². The molecule has 4 aromatic rings. The van der Waals surface area contributed by atoms with E-state index in [1.807, 2.05) is 0 Å². The molecule has 0 fully saturated rings. The molecule has 3 aromatic carbocycles. The first kappa shape index (κ1) is 27.4. The Morgan fingerprint density at radius 2 is 1.92 bits per heavy atom. The minimum absolute atomic E-state index is 0.0185. The lowest BCUT2D eigenvalue weighted by atomic mass is 10.1. The summed E-state index contributed by atoms with van der Waals surface area (Å²) in [6.45, 7) is -0.660. The van der Waals surface area contributed by atoms with Gasteiger partial charge < -0.3 is 9.47 Å². The van der Waals surface area contributed by atoms with Crippen LogP contribution in [0.1, 0.15) is 11.1 Å². The zero-order chi connectivity index (χ0) is 28.3. The van der Waals surface area contributed by atoms with Gasteiger partial charge in [0.2, 0.25) is 5.75 Å². The van der Waals surface area contributed by atoms with Gasteiger partial charge in [0.05, 0.1) is 34.7 Å². The minimum atomic E-state index is -4.65. The van der Waals surface area contributed by atoms with E-state index in [2.05, 4.69) is 30.8 Å². The number of nitro groups is 1. The van der Waals surface area contributed by atoms with Gasteiger partial charge in [0.15, 0.2) is 12.4 Å². The first-order valence-corrected chi connectivity index (χ1v) is 11.7. The molecule has 0 atom stereocenters. The fourth-order valence-corrected chi connectivity index (χ4v) is 4.01. The number of para-hydroxylation sites is 1. The van der Waals surface area contributed by atoms with Gasteiger partial charge in [-0.3, -0.25) is 14.9 Å². The molecule has 0 aliphatic rings. The van der Waals surface area contributed by atoms with Gasteiger partial charge in [0.25, 0.3) is 5.56 Å². The number of hydrogen-bond donors (Lipinski definition) is 0. The smallest absolute Gasteiger partial charge is 0.416 e. The number of benzene rings is 3. The zero-order valence-electron chi connectivity index (χ0n) is 19.8. The van der Waals surface area contributed by atoms with E-state index in [0.29, 0.717) is 0 Å². The van der Waals surface area contributed by atoms with Gasteiger partial charge in [-0.1, -0.05) is 40.2 Å². The highest BCUT2D eigenvalue weighted by Gasteiger charge is 2.31.